The van der Waals surface area contributed by atoms with Crippen molar-refractivity contribution in [3.63, 3.8) is 0 Å². The normalized spacial score (nSPS) is 14.2. The molecule has 0 aliphatic heterocycles. The summed E-state index contributed by atoms with van der Waals surface area (Å²) in [6, 6.07) is 4.67. The number of hydrogen-bond acceptors (Lipinski definition) is 2. The van der Waals surface area contributed by atoms with E-state index >= 15 is 0 Å². The van der Waals surface area contributed by atoms with Gasteiger partial charge in [-0.3, -0.25) is 4.79 Å². The van der Waals surface area contributed by atoms with E-state index in [1.807, 2.05) is 6.08 Å². The number of carbonyl (C=O) groups is 1. The molecule has 0 atom stereocenters. The minimum absolute atomic E-state index is 0.134. The monoisotopic (exact) mass is 234 g/mol. The van der Waals surface area contributed by atoms with Crippen LogP contribution in [0.2, 0.25) is 0 Å². The molecule has 2 nitrogen and oxygen atoms in total. The van der Waals surface area contributed by atoms with Crippen LogP contribution >= 0.6 is 0 Å². The van der Waals surface area contributed by atoms with Crippen molar-refractivity contribution in [3.05, 3.63) is 40.9 Å². The van der Waals surface area contributed by atoms with Crippen molar-refractivity contribution in [2.45, 2.75) is 26.7 Å². The van der Waals surface area contributed by atoms with E-state index in [1.165, 1.54) is 12.1 Å². The lowest BCUT2D eigenvalue weighted by Gasteiger charge is -2.17. The maximum atomic E-state index is 13.0. The molecule has 1 aliphatic rings. The Balaban J connectivity index is 2.18. The summed E-state index contributed by atoms with van der Waals surface area (Å²) in [4.78, 5) is 11.5. The second-order valence-corrected chi connectivity index (χ2v) is 4.53. The molecular weight excluding hydrogens is 219 g/mol. The van der Waals surface area contributed by atoms with Crippen molar-refractivity contribution in [2.24, 2.45) is 5.92 Å². The van der Waals surface area contributed by atoms with Gasteiger partial charge in [-0.1, -0.05) is 19.9 Å². The van der Waals surface area contributed by atoms with E-state index in [0.717, 1.165) is 11.1 Å². The predicted octanol–water partition coefficient (Wildman–Crippen LogP) is 3.31. The molecule has 0 N–H and O–H groups in total. The zero-order chi connectivity index (χ0) is 12.4. The first-order valence-electron chi connectivity index (χ1n) is 5.77. The maximum absolute atomic E-state index is 13.0. The SMILES string of the molecule is CC(C)C(=O)OC1=Cc2ccc(F)cc2CC1. The van der Waals surface area contributed by atoms with Gasteiger partial charge in [-0.05, 0) is 35.8 Å². The van der Waals surface area contributed by atoms with E-state index in [0.29, 0.717) is 18.6 Å². The van der Waals surface area contributed by atoms with E-state index in [-0.39, 0.29) is 17.7 Å². The molecule has 1 aromatic rings. The van der Waals surface area contributed by atoms with Crippen LogP contribution < -0.4 is 0 Å². The van der Waals surface area contributed by atoms with Crippen LogP contribution in [-0.4, -0.2) is 5.97 Å². The van der Waals surface area contributed by atoms with Crippen molar-refractivity contribution in [1.82, 2.24) is 0 Å². The van der Waals surface area contributed by atoms with Crippen LogP contribution in [-0.2, 0) is 16.0 Å². The van der Waals surface area contributed by atoms with Gasteiger partial charge in [-0.2, -0.15) is 0 Å². The summed E-state index contributed by atoms with van der Waals surface area (Å²) in [5.41, 5.74) is 1.90. The summed E-state index contributed by atoms with van der Waals surface area (Å²) >= 11 is 0. The Morgan fingerprint density at radius 2 is 2.12 bits per heavy atom. The van der Waals surface area contributed by atoms with Crippen LogP contribution in [0, 0.1) is 11.7 Å². The highest BCUT2D eigenvalue weighted by Crippen LogP contribution is 2.25. The van der Waals surface area contributed by atoms with E-state index in [9.17, 15) is 9.18 Å². The molecule has 0 amide bonds. The number of allylic oxidation sites excluding steroid dienone is 1. The second kappa shape index (κ2) is 4.70. The summed E-state index contributed by atoms with van der Waals surface area (Å²) in [6.45, 7) is 3.60. The van der Waals surface area contributed by atoms with Crippen LogP contribution in [0.25, 0.3) is 6.08 Å². The molecule has 90 valence electrons. The summed E-state index contributed by atoms with van der Waals surface area (Å²) in [7, 11) is 0. The first-order chi connectivity index (χ1) is 8.06. The Labute approximate surface area is 100 Å². The molecule has 0 radical (unpaired) electrons. The molecule has 0 fully saturated rings. The molecule has 2 rings (SSSR count). The lowest BCUT2D eigenvalue weighted by atomic mass is 9.96. The third kappa shape index (κ3) is 2.73. The number of halogens is 1. The van der Waals surface area contributed by atoms with Crippen LogP contribution in [0.1, 0.15) is 31.4 Å². The largest absolute Gasteiger partial charge is 0.431 e. The summed E-state index contributed by atoms with van der Waals surface area (Å²) in [5.74, 6) is 0.0925. The van der Waals surface area contributed by atoms with Crippen LogP contribution in [0.4, 0.5) is 4.39 Å². The minimum Gasteiger partial charge on any atom is -0.431 e. The van der Waals surface area contributed by atoms with Gasteiger partial charge in [0, 0.05) is 6.42 Å². The predicted molar refractivity (Wildman–Crippen MR) is 63.6 cm³/mol. The average Bonchev–Trinajstić information content (AvgIpc) is 2.29. The first-order valence-corrected chi connectivity index (χ1v) is 5.77. The molecule has 0 saturated carbocycles. The van der Waals surface area contributed by atoms with Gasteiger partial charge < -0.3 is 4.74 Å². The maximum Gasteiger partial charge on any atom is 0.313 e. The van der Waals surface area contributed by atoms with Gasteiger partial charge in [-0.15, -0.1) is 0 Å². The average molecular weight is 234 g/mol. The quantitative estimate of drug-likeness (QED) is 0.734. The zero-order valence-corrected chi connectivity index (χ0v) is 10.00. The van der Waals surface area contributed by atoms with E-state index in [2.05, 4.69) is 0 Å². The number of ether oxygens (including phenoxy) is 1. The molecule has 0 unspecified atom stereocenters. The van der Waals surface area contributed by atoms with Crippen molar-refractivity contribution < 1.29 is 13.9 Å². The second-order valence-electron chi connectivity index (χ2n) is 4.53. The fourth-order valence-corrected chi connectivity index (χ4v) is 1.76. The summed E-state index contributed by atoms with van der Waals surface area (Å²) in [6.07, 6.45) is 3.18. The highest BCUT2D eigenvalue weighted by Gasteiger charge is 2.16. The minimum atomic E-state index is -0.222. The Morgan fingerprint density at radius 1 is 1.35 bits per heavy atom. The number of hydrogen-bond donors (Lipinski definition) is 0. The fourth-order valence-electron chi connectivity index (χ4n) is 1.76. The van der Waals surface area contributed by atoms with E-state index < -0.39 is 0 Å². The van der Waals surface area contributed by atoms with Crippen LogP contribution in [0.5, 0.6) is 0 Å². The van der Waals surface area contributed by atoms with Gasteiger partial charge in [0.15, 0.2) is 0 Å². The van der Waals surface area contributed by atoms with Gasteiger partial charge in [0.1, 0.15) is 11.6 Å². The first kappa shape index (κ1) is 11.8. The molecular formula is C14H15FO2. The third-order valence-electron chi connectivity index (χ3n) is 2.77. The topological polar surface area (TPSA) is 26.3 Å². The van der Waals surface area contributed by atoms with Crippen molar-refractivity contribution in [2.75, 3.05) is 0 Å². The summed E-state index contributed by atoms with van der Waals surface area (Å²) in [5, 5.41) is 0. The zero-order valence-electron chi connectivity index (χ0n) is 10.00. The molecule has 0 spiro atoms. The standard InChI is InChI=1S/C14H15FO2/c1-9(2)14(16)17-13-6-4-10-7-12(15)5-3-11(10)8-13/h3,5,7-9H,4,6H2,1-2H3. The molecule has 0 heterocycles. The van der Waals surface area contributed by atoms with Gasteiger partial charge in [-0.25, -0.2) is 4.39 Å². The van der Waals surface area contributed by atoms with Crippen molar-refractivity contribution in [1.29, 1.82) is 0 Å². The number of benzene rings is 1. The Morgan fingerprint density at radius 3 is 2.82 bits per heavy atom. The number of aryl methyl sites for hydroxylation is 1. The highest BCUT2D eigenvalue weighted by molar-refractivity contribution is 5.74. The molecule has 17 heavy (non-hydrogen) atoms. The Hall–Kier alpha value is -1.64. The number of esters is 1. The van der Waals surface area contributed by atoms with Crippen molar-refractivity contribution in [3.8, 4) is 0 Å². The van der Waals surface area contributed by atoms with Gasteiger partial charge >= 0.3 is 5.97 Å². The number of rotatable bonds is 2. The molecule has 1 aliphatic carbocycles. The lowest BCUT2D eigenvalue weighted by Crippen LogP contribution is -2.13. The van der Waals surface area contributed by atoms with Gasteiger partial charge in [0.2, 0.25) is 0 Å². The van der Waals surface area contributed by atoms with E-state index in [1.54, 1.807) is 19.9 Å². The Bertz CT molecular complexity index is 475. The number of fused-ring (bicyclic) bond motifs is 1. The Kier molecular flexibility index (Phi) is 3.27. The molecule has 0 bridgehead atoms. The van der Waals surface area contributed by atoms with Crippen LogP contribution in [0.15, 0.2) is 24.0 Å². The van der Waals surface area contributed by atoms with Gasteiger partial charge in [0.05, 0.1) is 5.92 Å². The van der Waals surface area contributed by atoms with Gasteiger partial charge in [0.25, 0.3) is 0 Å². The summed E-state index contributed by atoms with van der Waals surface area (Å²) < 4.78 is 18.3. The highest BCUT2D eigenvalue weighted by atomic mass is 19.1. The van der Waals surface area contributed by atoms with Crippen LogP contribution in [0.3, 0.4) is 0 Å². The fraction of sp³-hybridized carbons (Fsp3) is 0.357. The smallest absolute Gasteiger partial charge is 0.313 e. The van der Waals surface area contributed by atoms with Crippen molar-refractivity contribution >= 4 is 12.0 Å². The molecule has 3 heteroatoms. The molecule has 1 aromatic carbocycles. The third-order valence-corrected chi connectivity index (χ3v) is 2.77. The number of carbonyl (C=O) groups excluding carboxylic acids is 1. The lowest BCUT2D eigenvalue weighted by molar-refractivity contribution is -0.143. The molecule has 0 saturated heterocycles. The van der Waals surface area contributed by atoms with E-state index in [4.69, 9.17) is 4.74 Å². The molecule has 0 aromatic heterocycles.